The van der Waals surface area contributed by atoms with Crippen molar-refractivity contribution in [1.29, 1.82) is 0 Å². The lowest BCUT2D eigenvalue weighted by molar-refractivity contribution is -0.183. The first-order chi connectivity index (χ1) is 13.6. The summed E-state index contributed by atoms with van der Waals surface area (Å²) in [6.07, 6.45) is -2.88. The Balaban J connectivity index is 1.91. The Labute approximate surface area is 168 Å². The van der Waals surface area contributed by atoms with Crippen molar-refractivity contribution in [3.05, 3.63) is 63.6 Å². The third kappa shape index (κ3) is 4.38. The molecule has 1 amide bonds. The molecule has 0 bridgehead atoms. The number of hydrogen-bond acceptors (Lipinski definition) is 2. The zero-order chi connectivity index (χ0) is 21.3. The van der Waals surface area contributed by atoms with Gasteiger partial charge in [0.2, 0.25) is 0 Å². The quantitative estimate of drug-likeness (QED) is 0.743. The van der Waals surface area contributed by atoms with E-state index in [1.807, 2.05) is 18.2 Å². The second kappa shape index (κ2) is 8.05. The number of aromatic nitrogens is 1. The Bertz CT molecular complexity index is 955. The number of aryl methyl sites for hydroxylation is 1. The Morgan fingerprint density at radius 3 is 2.38 bits per heavy atom. The van der Waals surface area contributed by atoms with Crippen LogP contribution < -0.4 is 5.56 Å². The summed E-state index contributed by atoms with van der Waals surface area (Å²) in [5, 5.41) is 0. The van der Waals surface area contributed by atoms with Crippen molar-refractivity contribution < 1.29 is 18.0 Å². The number of likely N-dealkylation sites (tertiary alicyclic amines) is 1. The van der Waals surface area contributed by atoms with Gasteiger partial charge in [0.15, 0.2) is 0 Å². The number of alkyl halides is 3. The van der Waals surface area contributed by atoms with Crippen LogP contribution in [0.3, 0.4) is 0 Å². The van der Waals surface area contributed by atoms with Crippen LogP contribution in [-0.4, -0.2) is 34.6 Å². The van der Waals surface area contributed by atoms with Gasteiger partial charge in [0.05, 0.1) is 5.92 Å². The summed E-state index contributed by atoms with van der Waals surface area (Å²) in [5.74, 6) is -1.60. The van der Waals surface area contributed by atoms with Gasteiger partial charge < -0.3 is 4.90 Å². The lowest BCUT2D eigenvalue weighted by atomic mass is 9.95. The maximum absolute atomic E-state index is 13.1. The molecule has 2 heterocycles. The fraction of sp³-hybridized carbons (Fsp3) is 0.455. The number of benzene rings is 1. The largest absolute Gasteiger partial charge is 0.391 e. The lowest BCUT2D eigenvalue weighted by Gasteiger charge is -2.33. The van der Waals surface area contributed by atoms with Crippen LogP contribution in [0.4, 0.5) is 13.2 Å². The molecule has 0 spiro atoms. The van der Waals surface area contributed by atoms with Gasteiger partial charge in [-0.3, -0.25) is 14.2 Å². The van der Waals surface area contributed by atoms with Crippen LogP contribution in [0.1, 0.15) is 54.1 Å². The van der Waals surface area contributed by atoms with Crippen LogP contribution in [0.15, 0.2) is 41.3 Å². The van der Waals surface area contributed by atoms with Gasteiger partial charge in [0, 0.05) is 25.0 Å². The van der Waals surface area contributed by atoms with Gasteiger partial charge in [0.25, 0.3) is 11.5 Å². The van der Waals surface area contributed by atoms with Gasteiger partial charge >= 0.3 is 6.18 Å². The van der Waals surface area contributed by atoms with E-state index in [0.717, 1.165) is 5.56 Å². The van der Waals surface area contributed by atoms with Crippen LogP contribution in [0.5, 0.6) is 0 Å². The number of carbonyl (C=O) groups excluding carboxylic acids is 1. The molecule has 1 aromatic heterocycles. The molecule has 4 nitrogen and oxygen atoms in total. The van der Waals surface area contributed by atoms with Gasteiger partial charge in [0.1, 0.15) is 5.56 Å². The van der Waals surface area contributed by atoms with Crippen molar-refractivity contribution in [3.63, 3.8) is 0 Å². The summed E-state index contributed by atoms with van der Waals surface area (Å²) in [5.41, 5.74) is 1.82. The van der Waals surface area contributed by atoms with E-state index in [1.165, 1.54) is 9.47 Å². The van der Waals surface area contributed by atoms with Crippen molar-refractivity contribution in [1.82, 2.24) is 9.47 Å². The van der Waals surface area contributed by atoms with Gasteiger partial charge in [-0.2, -0.15) is 13.2 Å². The molecule has 7 heteroatoms. The minimum atomic E-state index is -4.24. The molecule has 0 aliphatic carbocycles. The summed E-state index contributed by atoms with van der Waals surface area (Å²) < 4.78 is 40.1. The number of hydrogen-bond donors (Lipinski definition) is 0. The monoisotopic (exact) mass is 406 g/mol. The van der Waals surface area contributed by atoms with Crippen LogP contribution in [-0.2, 0) is 0 Å². The Morgan fingerprint density at radius 2 is 1.79 bits per heavy atom. The number of carbonyl (C=O) groups is 1. The highest BCUT2D eigenvalue weighted by atomic mass is 19.4. The summed E-state index contributed by atoms with van der Waals surface area (Å²) in [6, 6.07) is 9.24. The van der Waals surface area contributed by atoms with Crippen LogP contribution in [0.2, 0.25) is 0 Å². The molecular weight excluding hydrogens is 381 g/mol. The maximum atomic E-state index is 13.1. The van der Waals surface area contributed by atoms with Crippen LogP contribution >= 0.6 is 0 Å². The number of amides is 1. The smallest absolute Gasteiger partial charge is 0.338 e. The van der Waals surface area contributed by atoms with E-state index >= 15 is 0 Å². The van der Waals surface area contributed by atoms with Gasteiger partial charge in [-0.25, -0.2) is 0 Å². The molecule has 0 N–H and O–H groups in total. The molecule has 2 aromatic rings. The molecule has 156 valence electrons. The van der Waals surface area contributed by atoms with Crippen molar-refractivity contribution in [3.8, 4) is 5.69 Å². The highest BCUT2D eigenvalue weighted by Gasteiger charge is 2.42. The lowest BCUT2D eigenvalue weighted by Crippen LogP contribution is -2.44. The standard InChI is InChI=1S/C22H25F3N2O2/c1-14(2)16-5-4-6-18(13-16)27-12-7-15(3)19(21(27)29)20(28)26-10-8-17(9-11-26)22(23,24)25/h4-7,12-14,17H,8-11H2,1-3H3. The minimum absolute atomic E-state index is 0.000378. The van der Waals surface area contributed by atoms with E-state index < -0.39 is 23.6 Å². The molecular formula is C22H25F3N2O2. The second-order valence-corrected chi connectivity index (χ2v) is 7.91. The maximum Gasteiger partial charge on any atom is 0.391 e. The number of piperidine rings is 1. The highest BCUT2D eigenvalue weighted by Crippen LogP contribution is 2.34. The number of rotatable bonds is 3. The average molecular weight is 406 g/mol. The number of pyridine rings is 1. The van der Waals surface area contributed by atoms with E-state index in [9.17, 15) is 22.8 Å². The van der Waals surface area contributed by atoms with Crippen LogP contribution in [0.25, 0.3) is 5.69 Å². The molecule has 1 aliphatic heterocycles. The Kier molecular flexibility index (Phi) is 5.87. The van der Waals surface area contributed by atoms with Crippen molar-refractivity contribution in [2.24, 2.45) is 5.92 Å². The SMILES string of the molecule is Cc1ccn(-c2cccc(C(C)C)c2)c(=O)c1C(=O)N1CCC(C(F)(F)F)CC1. The molecule has 0 unspecified atom stereocenters. The highest BCUT2D eigenvalue weighted by molar-refractivity contribution is 5.95. The van der Waals surface area contributed by atoms with E-state index in [4.69, 9.17) is 0 Å². The molecule has 29 heavy (non-hydrogen) atoms. The van der Waals surface area contributed by atoms with Crippen molar-refractivity contribution in [2.75, 3.05) is 13.1 Å². The topological polar surface area (TPSA) is 42.3 Å². The average Bonchev–Trinajstić information content (AvgIpc) is 2.67. The Hall–Kier alpha value is -2.57. The van der Waals surface area contributed by atoms with E-state index in [1.54, 1.807) is 25.3 Å². The van der Waals surface area contributed by atoms with Gasteiger partial charge in [-0.15, -0.1) is 0 Å². The number of halogens is 3. The predicted molar refractivity (Wildman–Crippen MR) is 106 cm³/mol. The molecule has 0 atom stereocenters. The molecule has 3 rings (SSSR count). The third-order valence-electron chi connectivity index (χ3n) is 5.57. The summed E-state index contributed by atoms with van der Waals surface area (Å²) >= 11 is 0. The van der Waals surface area contributed by atoms with Crippen molar-refractivity contribution in [2.45, 2.75) is 45.7 Å². The van der Waals surface area contributed by atoms with E-state index in [0.29, 0.717) is 11.3 Å². The molecule has 0 saturated carbocycles. The number of nitrogens with zero attached hydrogens (tertiary/aromatic N) is 2. The fourth-order valence-electron chi connectivity index (χ4n) is 3.69. The summed E-state index contributed by atoms with van der Waals surface area (Å²) in [6.45, 7) is 5.78. The summed E-state index contributed by atoms with van der Waals surface area (Å²) in [4.78, 5) is 27.5. The minimum Gasteiger partial charge on any atom is -0.338 e. The third-order valence-corrected chi connectivity index (χ3v) is 5.57. The molecule has 1 aliphatic rings. The predicted octanol–water partition coefficient (Wildman–Crippen LogP) is 4.68. The fourth-order valence-corrected chi connectivity index (χ4v) is 3.69. The molecule has 1 saturated heterocycles. The second-order valence-electron chi connectivity index (χ2n) is 7.91. The molecule has 1 fully saturated rings. The molecule has 1 aromatic carbocycles. The molecule has 0 radical (unpaired) electrons. The van der Waals surface area contributed by atoms with E-state index in [-0.39, 0.29) is 37.4 Å². The normalized spacial score (nSPS) is 15.8. The first kappa shape index (κ1) is 21.1. The first-order valence-electron chi connectivity index (χ1n) is 9.78. The zero-order valence-electron chi connectivity index (χ0n) is 16.8. The zero-order valence-corrected chi connectivity index (χ0v) is 16.8. The van der Waals surface area contributed by atoms with Gasteiger partial charge in [-0.1, -0.05) is 26.0 Å². The summed E-state index contributed by atoms with van der Waals surface area (Å²) in [7, 11) is 0. The Morgan fingerprint density at radius 1 is 1.14 bits per heavy atom. The van der Waals surface area contributed by atoms with E-state index in [2.05, 4.69) is 13.8 Å². The van der Waals surface area contributed by atoms with Gasteiger partial charge in [-0.05, 0) is 55.0 Å². The first-order valence-corrected chi connectivity index (χ1v) is 9.78. The van der Waals surface area contributed by atoms with Crippen molar-refractivity contribution >= 4 is 5.91 Å². The van der Waals surface area contributed by atoms with Crippen LogP contribution in [0, 0.1) is 12.8 Å².